The number of amides is 1. The van der Waals surface area contributed by atoms with E-state index in [0.717, 1.165) is 28.8 Å². The molecular weight excluding hydrogens is 286 g/mol. The SMILES string of the molecule is COCCN(C(=O)c1sc2nc(C)ccc2c1N)C1CC1. The Bertz CT molecular complexity index is 679. The summed E-state index contributed by atoms with van der Waals surface area (Å²) in [7, 11) is 1.65. The summed E-state index contributed by atoms with van der Waals surface area (Å²) in [5.74, 6) is 0.00713. The molecule has 6 heteroatoms. The molecule has 0 bridgehead atoms. The quantitative estimate of drug-likeness (QED) is 0.921. The van der Waals surface area contributed by atoms with E-state index in [2.05, 4.69) is 4.98 Å². The average Bonchev–Trinajstić information content (AvgIpc) is 3.24. The maximum absolute atomic E-state index is 12.8. The van der Waals surface area contributed by atoms with Crippen molar-refractivity contribution in [2.75, 3.05) is 26.0 Å². The number of ether oxygens (including phenoxy) is 1. The van der Waals surface area contributed by atoms with Crippen LogP contribution in [0.5, 0.6) is 0 Å². The van der Waals surface area contributed by atoms with Gasteiger partial charge in [0.2, 0.25) is 0 Å². The van der Waals surface area contributed by atoms with Crippen molar-refractivity contribution in [3.63, 3.8) is 0 Å². The zero-order valence-corrected chi connectivity index (χ0v) is 13.1. The molecule has 0 saturated heterocycles. The van der Waals surface area contributed by atoms with Crippen LogP contribution >= 0.6 is 11.3 Å². The van der Waals surface area contributed by atoms with Crippen molar-refractivity contribution in [1.29, 1.82) is 0 Å². The zero-order valence-electron chi connectivity index (χ0n) is 12.3. The van der Waals surface area contributed by atoms with E-state index in [0.29, 0.717) is 29.8 Å². The highest BCUT2D eigenvalue weighted by Gasteiger charge is 2.34. The summed E-state index contributed by atoms with van der Waals surface area (Å²) in [6, 6.07) is 4.20. The number of pyridine rings is 1. The van der Waals surface area contributed by atoms with Gasteiger partial charge in [0.25, 0.3) is 5.91 Å². The molecule has 0 radical (unpaired) electrons. The zero-order chi connectivity index (χ0) is 15.0. The largest absolute Gasteiger partial charge is 0.397 e. The first-order valence-electron chi connectivity index (χ1n) is 7.07. The lowest BCUT2D eigenvalue weighted by molar-refractivity contribution is 0.0686. The van der Waals surface area contributed by atoms with Gasteiger partial charge in [0, 0.05) is 30.8 Å². The van der Waals surface area contributed by atoms with E-state index < -0.39 is 0 Å². The van der Waals surface area contributed by atoms with Crippen LogP contribution in [0, 0.1) is 6.92 Å². The molecule has 21 heavy (non-hydrogen) atoms. The van der Waals surface area contributed by atoms with Crippen molar-refractivity contribution < 1.29 is 9.53 Å². The van der Waals surface area contributed by atoms with Gasteiger partial charge in [-0.05, 0) is 31.9 Å². The first kappa shape index (κ1) is 14.3. The number of aromatic nitrogens is 1. The van der Waals surface area contributed by atoms with E-state index in [1.165, 1.54) is 11.3 Å². The van der Waals surface area contributed by atoms with Gasteiger partial charge in [-0.25, -0.2) is 4.98 Å². The third kappa shape index (κ3) is 2.73. The van der Waals surface area contributed by atoms with Gasteiger partial charge in [-0.2, -0.15) is 0 Å². The smallest absolute Gasteiger partial charge is 0.266 e. The van der Waals surface area contributed by atoms with E-state index >= 15 is 0 Å². The minimum atomic E-state index is 0.00713. The molecule has 2 N–H and O–H groups in total. The summed E-state index contributed by atoms with van der Waals surface area (Å²) in [4.78, 5) is 20.6. The lowest BCUT2D eigenvalue weighted by Gasteiger charge is -2.21. The summed E-state index contributed by atoms with van der Waals surface area (Å²) in [6.45, 7) is 3.09. The van der Waals surface area contributed by atoms with Gasteiger partial charge in [-0.15, -0.1) is 11.3 Å². The Kier molecular flexibility index (Phi) is 3.82. The van der Waals surface area contributed by atoms with Crippen molar-refractivity contribution in [1.82, 2.24) is 9.88 Å². The molecule has 5 nitrogen and oxygen atoms in total. The van der Waals surface area contributed by atoms with Crippen molar-refractivity contribution >= 4 is 33.1 Å². The first-order valence-corrected chi connectivity index (χ1v) is 7.89. The Hall–Kier alpha value is -1.66. The average molecular weight is 305 g/mol. The number of nitrogens with zero attached hydrogens (tertiary/aromatic N) is 2. The number of hydrogen-bond acceptors (Lipinski definition) is 5. The number of nitrogens with two attached hydrogens (primary N) is 1. The van der Waals surface area contributed by atoms with Crippen molar-refractivity contribution in [2.45, 2.75) is 25.8 Å². The maximum Gasteiger partial charge on any atom is 0.266 e. The lowest BCUT2D eigenvalue weighted by atomic mass is 10.2. The second-order valence-corrected chi connectivity index (χ2v) is 6.37. The Morgan fingerprint density at radius 2 is 2.29 bits per heavy atom. The fraction of sp³-hybridized carbons (Fsp3) is 0.467. The van der Waals surface area contributed by atoms with Gasteiger partial charge in [0.15, 0.2) is 0 Å². The lowest BCUT2D eigenvalue weighted by Crippen LogP contribution is -2.35. The molecule has 0 aliphatic heterocycles. The van der Waals surface area contributed by atoms with Gasteiger partial charge < -0.3 is 15.4 Å². The molecule has 112 valence electrons. The van der Waals surface area contributed by atoms with Gasteiger partial charge in [0.05, 0.1) is 12.3 Å². The number of carbonyl (C=O) groups excluding carboxylic acids is 1. The van der Waals surface area contributed by atoms with Gasteiger partial charge >= 0.3 is 0 Å². The van der Waals surface area contributed by atoms with E-state index in [4.69, 9.17) is 10.5 Å². The number of nitrogen functional groups attached to an aromatic ring is 1. The molecule has 1 aliphatic rings. The van der Waals surface area contributed by atoms with Crippen LogP contribution in [0.1, 0.15) is 28.2 Å². The molecule has 1 aliphatic carbocycles. The van der Waals surface area contributed by atoms with Crippen molar-refractivity contribution in [3.05, 3.63) is 22.7 Å². The van der Waals surface area contributed by atoms with Crippen LogP contribution in [0.3, 0.4) is 0 Å². The molecule has 2 aromatic heterocycles. The monoisotopic (exact) mass is 305 g/mol. The topological polar surface area (TPSA) is 68.5 Å². The van der Waals surface area contributed by atoms with E-state index in [-0.39, 0.29) is 5.91 Å². The fourth-order valence-corrected chi connectivity index (χ4v) is 3.50. The minimum absolute atomic E-state index is 0.00713. The predicted octanol–water partition coefficient (Wildman–Crippen LogP) is 2.44. The van der Waals surface area contributed by atoms with Gasteiger partial charge in [0.1, 0.15) is 9.71 Å². The highest BCUT2D eigenvalue weighted by Crippen LogP contribution is 2.36. The number of rotatable bonds is 5. The summed E-state index contributed by atoms with van der Waals surface area (Å²) in [5, 5.41) is 0.872. The molecule has 0 spiro atoms. The predicted molar refractivity (Wildman–Crippen MR) is 84.7 cm³/mol. The summed E-state index contributed by atoms with van der Waals surface area (Å²) in [6.07, 6.45) is 2.13. The Morgan fingerprint density at radius 3 is 2.95 bits per heavy atom. The normalized spacial score (nSPS) is 14.6. The Balaban J connectivity index is 1.94. The maximum atomic E-state index is 12.8. The second kappa shape index (κ2) is 5.61. The molecule has 0 unspecified atom stereocenters. The highest BCUT2D eigenvalue weighted by molar-refractivity contribution is 7.21. The van der Waals surface area contributed by atoms with Gasteiger partial charge in [-0.1, -0.05) is 0 Å². The third-order valence-corrected chi connectivity index (χ3v) is 4.82. The van der Waals surface area contributed by atoms with Crippen LogP contribution in [0.2, 0.25) is 0 Å². The molecule has 1 saturated carbocycles. The number of hydrogen-bond donors (Lipinski definition) is 1. The Morgan fingerprint density at radius 1 is 1.52 bits per heavy atom. The minimum Gasteiger partial charge on any atom is -0.397 e. The molecular formula is C15H19N3O2S. The van der Waals surface area contributed by atoms with Crippen molar-refractivity contribution in [2.24, 2.45) is 0 Å². The molecule has 0 aromatic carbocycles. The van der Waals surface area contributed by atoms with Crippen LogP contribution in [-0.4, -0.2) is 42.1 Å². The van der Waals surface area contributed by atoms with Crippen LogP contribution in [-0.2, 0) is 4.74 Å². The summed E-state index contributed by atoms with van der Waals surface area (Å²) in [5.41, 5.74) is 7.65. The first-order chi connectivity index (χ1) is 10.1. The standard InChI is InChI=1S/C15H19N3O2S/c1-9-3-6-11-12(16)13(21-14(11)17-9)15(19)18(7-8-20-2)10-4-5-10/h3,6,10H,4-5,7-8,16H2,1-2H3. The molecule has 3 rings (SSSR count). The number of anilines is 1. The number of fused-ring (bicyclic) bond motifs is 1. The molecule has 2 aromatic rings. The second-order valence-electron chi connectivity index (χ2n) is 5.37. The molecule has 1 fully saturated rings. The third-order valence-electron chi connectivity index (χ3n) is 3.71. The molecule has 2 heterocycles. The fourth-order valence-electron chi connectivity index (χ4n) is 2.40. The number of aryl methyl sites for hydroxylation is 1. The number of carbonyl (C=O) groups is 1. The van der Waals surface area contributed by atoms with Gasteiger partial charge in [-0.3, -0.25) is 4.79 Å². The number of thiophene rings is 1. The summed E-state index contributed by atoms with van der Waals surface area (Å²) >= 11 is 1.39. The van der Waals surface area contributed by atoms with Crippen molar-refractivity contribution in [3.8, 4) is 0 Å². The van der Waals surface area contributed by atoms with Crippen LogP contribution in [0.4, 0.5) is 5.69 Å². The molecule has 0 atom stereocenters. The van der Waals surface area contributed by atoms with E-state index in [1.54, 1.807) is 7.11 Å². The van der Waals surface area contributed by atoms with Crippen LogP contribution in [0.15, 0.2) is 12.1 Å². The van der Waals surface area contributed by atoms with E-state index in [9.17, 15) is 4.79 Å². The summed E-state index contributed by atoms with van der Waals surface area (Å²) < 4.78 is 5.11. The van der Waals surface area contributed by atoms with E-state index in [1.807, 2.05) is 24.0 Å². The Labute approximate surface area is 127 Å². The number of methoxy groups -OCH3 is 1. The molecule has 1 amide bonds. The highest BCUT2D eigenvalue weighted by atomic mass is 32.1. The van der Waals surface area contributed by atoms with Crippen LogP contribution < -0.4 is 5.73 Å². The van der Waals surface area contributed by atoms with Crippen LogP contribution in [0.25, 0.3) is 10.2 Å².